The molecule has 0 aromatic heterocycles. The molecular weight excluding hydrogens is 312 g/mol. The van der Waals surface area contributed by atoms with Gasteiger partial charge in [-0.15, -0.1) is 0 Å². The van der Waals surface area contributed by atoms with Gasteiger partial charge in [0.1, 0.15) is 6.10 Å². The Balaban J connectivity index is 1.23. The molecule has 2 saturated heterocycles. The molecule has 25 heavy (non-hydrogen) atoms. The Morgan fingerprint density at radius 2 is 1.76 bits per heavy atom. The predicted octanol–water partition coefficient (Wildman–Crippen LogP) is 3.38. The normalized spacial score (nSPS) is 26.4. The van der Waals surface area contributed by atoms with Gasteiger partial charge in [0.05, 0.1) is 5.41 Å². The van der Waals surface area contributed by atoms with Gasteiger partial charge in [-0.3, -0.25) is 9.69 Å². The van der Waals surface area contributed by atoms with Crippen LogP contribution in [0.3, 0.4) is 0 Å². The third kappa shape index (κ3) is 3.55. The summed E-state index contributed by atoms with van der Waals surface area (Å²) in [6, 6.07) is 8.83. The van der Waals surface area contributed by atoms with E-state index in [1.807, 2.05) is 0 Å². The standard InChI is InChI=1S/C21H30N2O2/c1-17-4-6-18(7-5-17)23-14-12-22(13-15-23)11-8-19-16-21(20(24)25-19)9-2-3-10-21/h4-7,19H,2-3,8-16H2,1H3/t19-/m0/s1. The summed E-state index contributed by atoms with van der Waals surface area (Å²) in [5.41, 5.74) is 2.54. The number of nitrogens with zero attached hydrogens (tertiary/aromatic N) is 2. The molecule has 136 valence electrons. The highest BCUT2D eigenvalue weighted by Gasteiger charge is 2.50. The third-order valence-electron chi connectivity index (χ3n) is 6.42. The molecule has 0 amide bonds. The van der Waals surface area contributed by atoms with E-state index in [-0.39, 0.29) is 17.5 Å². The van der Waals surface area contributed by atoms with E-state index in [0.29, 0.717) is 0 Å². The number of rotatable bonds is 4. The largest absolute Gasteiger partial charge is 0.462 e. The number of esters is 1. The fourth-order valence-electron chi connectivity index (χ4n) is 4.77. The first-order chi connectivity index (χ1) is 12.1. The van der Waals surface area contributed by atoms with E-state index in [1.165, 1.54) is 24.1 Å². The van der Waals surface area contributed by atoms with Crippen molar-refractivity contribution in [2.24, 2.45) is 5.41 Å². The number of ether oxygens (including phenoxy) is 1. The van der Waals surface area contributed by atoms with Crippen LogP contribution in [-0.4, -0.2) is 49.7 Å². The molecule has 0 bridgehead atoms. The maximum Gasteiger partial charge on any atom is 0.312 e. The summed E-state index contributed by atoms with van der Waals surface area (Å²) >= 11 is 0. The summed E-state index contributed by atoms with van der Waals surface area (Å²) in [6.07, 6.45) is 6.62. The van der Waals surface area contributed by atoms with E-state index in [4.69, 9.17) is 4.74 Å². The summed E-state index contributed by atoms with van der Waals surface area (Å²) < 4.78 is 5.72. The van der Waals surface area contributed by atoms with Crippen LogP contribution in [0.2, 0.25) is 0 Å². The van der Waals surface area contributed by atoms with E-state index in [9.17, 15) is 4.79 Å². The average molecular weight is 342 g/mol. The molecule has 1 aliphatic carbocycles. The number of carbonyl (C=O) groups excluding carboxylic acids is 1. The number of hydrogen-bond acceptors (Lipinski definition) is 4. The molecule has 1 aromatic rings. The fraction of sp³-hybridized carbons (Fsp3) is 0.667. The molecule has 2 heterocycles. The Morgan fingerprint density at radius 1 is 1.08 bits per heavy atom. The highest BCUT2D eigenvalue weighted by atomic mass is 16.6. The van der Waals surface area contributed by atoms with Gasteiger partial charge in [-0.25, -0.2) is 0 Å². The number of cyclic esters (lactones) is 1. The summed E-state index contributed by atoms with van der Waals surface area (Å²) in [5, 5.41) is 0. The molecule has 0 unspecified atom stereocenters. The minimum absolute atomic E-state index is 0.0965. The number of carbonyl (C=O) groups is 1. The Bertz CT molecular complexity index is 599. The fourth-order valence-corrected chi connectivity index (χ4v) is 4.77. The van der Waals surface area contributed by atoms with Gasteiger partial charge in [0.15, 0.2) is 0 Å². The lowest BCUT2D eigenvalue weighted by Gasteiger charge is -2.36. The minimum atomic E-state index is -0.102. The van der Waals surface area contributed by atoms with Gasteiger partial charge in [-0.1, -0.05) is 30.5 Å². The van der Waals surface area contributed by atoms with Crippen molar-refractivity contribution >= 4 is 11.7 Å². The molecular formula is C21H30N2O2. The van der Waals surface area contributed by atoms with Crippen LogP contribution in [0.4, 0.5) is 5.69 Å². The van der Waals surface area contributed by atoms with E-state index in [1.54, 1.807) is 0 Å². The van der Waals surface area contributed by atoms with Crippen molar-refractivity contribution in [3.63, 3.8) is 0 Å². The summed E-state index contributed by atoms with van der Waals surface area (Å²) in [5.74, 6) is 0.0965. The average Bonchev–Trinajstić information content (AvgIpc) is 3.22. The lowest BCUT2D eigenvalue weighted by Crippen LogP contribution is -2.47. The maximum atomic E-state index is 12.2. The lowest BCUT2D eigenvalue weighted by molar-refractivity contribution is -0.148. The molecule has 2 aliphatic heterocycles. The molecule has 1 saturated carbocycles. The monoisotopic (exact) mass is 342 g/mol. The molecule has 4 heteroatoms. The van der Waals surface area contributed by atoms with Crippen molar-refractivity contribution < 1.29 is 9.53 Å². The molecule has 3 aliphatic rings. The number of hydrogen-bond donors (Lipinski definition) is 0. The van der Waals surface area contributed by atoms with Crippen molar-refractivity contribution in [1.29, 1.82) is 0 Å². The second-order valence-electron chi connectivity index (χ2n) is 8.17. The number of piperazine rings is 1. The zero-order valence-electron chi connectivity index (χ0n) is 15.4. The minimum Gasteiger partial charge on any atom is -0.462 e. The Morgan fingerprint density at radius 3 is 2.44 bits per heavy atom. The van der Waals surface area contributed by atoms with Crippen LogP contribution in [0.25, 0.3) is 0 Å². The molecule has 4 nitrogen and oxygen atoms in total. The van der Waals surface area contributed by atoms with Crippen LogP contribution in [0.5, 0.6) is 0 Å². The lowest BCUT2D eigenvalue weighted by atomic mass is 9.83. The molecule has 4 rings (SSSR count). The second-order valence-corrected chi connectivity index (χ2v) is 8.17. The number of anilines is 1. The first kappa shape index (κ1) is 16.9. The van der Waals surface area contributed by atoms with Crippen LogP contribution >= 0.6 is 0 Å². The second kappa shape index (κ2) is 6.99. The van der Waals surface area contributed by atoms with Crippen LogP contribution in [0.15, 0.2) is 24.3 Å². The molecule has 1 atom stereocenters. The summed E-state index contributed by atoms with van der Waals surface area (Å²) in [7, 11) is 0. The first-order valence-electron chi connectivity index (χ1n) is 9.90. The maximum absolute atomic E-state index is 12.2. The van der Waals surface area contributed by atoms with Crippen molar-refractivity contribution in [1.82, 2.24) is 4.90 Å². The highest BCUT2D eigenvalue weighted by molar-refractivity contribution is 5.79. The topological polar surface area (TPSA) is 32.8 Å². The molecule has 1 spiro atoms. The first-order valence-corrected chi connectivity index (χ1v) is 9.90. The molecule has 0 N–H and O–H groups in total. The predicted molar refractivity (Wildman–Crippen MR) is 99.8 cm³/mol. The highest BCUT2D eigenvalue weighted by Crippen LogP contribution is 2.48. The van der Waals surface area contributed by atoms with Gasteiger partial charge in [-0.05, 0) is 38.3 Å². The van der Waals surface area contributed by atoms with Crippen molar-refractivity contribution in [3.05, 3.63) is 29.8 Å². The van der Waals surface area contributed by atoms with E-state index < -0.39 is 0 Å². The molecule has 0 radical (unpaired) electrons. The van der Waals surface area contributed by atoms with Crippen molar-refractivity contribution in [2.45, 2.75) is 51.6 Å². The summed E-state index contributed by atoms with van der Waals surface area (Å²) in [4.78, 5) is 17.2. The van der Waals surface area contributed by atoms with Gasteiger partial charge in [-0.2, -0.15) is 0 Å². The Hall–Kier alpha value is -1.55. The Labute approximate surface area is 151 Å². The van der Waals surface area contributed by atoms with E-state index in [0.717, 1.165) is 58.4 Å². The quantitative estimate of drug-likeness (QED) is 0.785. The molecule has 1 aromatic carbocycles. The third-order valence-corrected chi connectivity index (χ3v) is 6.42. The smallest absolute Gasteiger partial charge is 0.312 e. The van der Waals surface area contributed by atoms with E-state index in [2.05, 4.69) is 41.0 Å². The Kier molecular flexibility index (Phi) is 4.72. The SMILES string of the molecule is Cc1ccc(N2CCN(CC[C@H]3CC4(CCCC4)C(=O)O3)CC2)cc1. The van der Waals surface area contributed by atoms with Gasteiger partial charge in [0, 0.05) is 44.8 Å². The molecule has 3 fully saturated rings. The van der Waals surface area contributed by atoms with Gasteiger partial charge >= 0.3 is 5.97 Å². The zero-order valence-corrected chi connectivity index (χ0v) is 15.4. The number of benzene rings is 1. The van der Waals surface area contributed by atoms with Crippen molar-refractivity contribution in [3.8, 4) is 0 Å². The number of aryl methyl sites for hydroxylation is 1. The van der Waals surface area contributed by atoms with Gasteiger partial charge in [0.25, 0.3) is 0 Å². The van der Waals surface area contributed by atoms with Crippen LogP contribution in [-0.2, 0) is 9.53 Å². The zero-order chi connectivity index (χ0) is 17.3. The van der Waals surface area contributed by atoms with Crippen LogP contribution in [0, 0.1) is 12.3 Å². The van der Waals surface area contributed by atoms with Crippen LogP contribution in [0.1, 0.15) is 44.1 Å². The van der Waals surface area contributed by atoms with Gasteiger partial charge in [0.2, 0.25) is 0 Å². The van der Waals surface area contributed by atoms with E-state index >= 15 is 0 Å². The van der Waals surface area contributed by atoms with Gasteiger partial charge < -0.3 is 9.64 Å². The van der Waals surface area contributed by atoms with Crippen molar-refractivity contribution in [2.75, 3.05) is 37.6 Å². The summed E-state index contributed by atoms with van der Waals surface area (Å²) in [6.45, 7) is 7.54. The van der Waals surface area contributed by atoms with Crippen LogP contribution < -0.4 is 4.90 Å².